The molecule has 1 fully saturated rings. The number of hydrogen-bond acceptors (Lipinski definition) is 4. The number of carbonyl (C=O) groups is 1. The highest BCUT2D eigenvalue weighted by Gasteiger charge is 2.17. The Morgan fingerprint density at radius 2 is 1.86 bits per heavy atom. The summed E-state index contributed by atoms with van der Waals surface area (Å²) in [5.41, 5.74) is 0. The highest BCUT2D eigenvalue weighted by Crippen LogP contribution is 2.15. The molecule has 2 N–H and O–H groups in total. The molecule has 0 saturated carbocycles. The predicted octanol–water partition coefficient (Wildman–Crippen LogP) is 1.73. The molecule has 3 heterocycles. The van der Waals surface area contributed by atoms with Crippen molar-refractivity contribution < 1.29 is 4.79 Å². The van der Waals surface area contributed by atoms with Gasteiger partial charge in [0.1, 0.15) is 18.2 Å². The van der Waals surface area contributed by atoms with Gasteiger partial charge < -0.3 is 20.1 Å². The van der Waals surface area contributed by atoms with E-state index in [0.717, 1.165) is 76.5 Å². The second-order valence-electron chi connectivity index (χ2n) is 7.31. The molecule has 28 heavy (non-hydrogen) atoms. The molecule has 0 radical (unpaired) electrons. The quantitative estimate of drug-likeness (QED) is 0.256. The van der Waals surface area contributed by atoms with Gasteiger partial charge in [0, 0.05) is 45.6 Å². The Kier molecular flexibility index (Phi) is 10.0. The van der Waals surface area contributed by atoms with Gasteiger partial charge in [-0.25, -0.2) is 4.99 Å². The van der Waals surface area contributed by atoms with Gasteiger partial charge in [0.05, 0.1) is 0 Å². The molecule has 1 aromatic rings. The molecule has 0 bridgehead atoms. The fraction of sp³-hybridized carbons (Fsp3) is 0.789. The van der Waals surface area contributed by atoms with E-state index in [1.165, 1.54) is 19.3 Å². The van der Waals surface area contributed by atoms with Crippen molar-refractivity contribution in [1.29, 1.82) is 0 Å². The number of likely N-dealkylation sites (tertiary alicyclic amines) is 1. The minimum absolute atomic E-state index is 0. The van der Waals surface area contributed by atoms with Crippen LogP contribution < -0.4 is 10.6 Å². The summed E-state index contributed by atoms with van der Waals surface area (Å²) in [5.74, 6) is 3.08. The Bertz CT molecular complexity index is 640. The Morgan fingerprint density at radius 1 is 1.07 bits per heavy atom. The number of aryl methyl sites for hydroxylation is 2. The minimum Gasteiger partial charge on any atom is -0.357 e. The molecule has 0 atom stereocenters. The van der Waals surface area contributed by atoms with Crippen LogP contribution in [0.2, 0.25) is 0 Å². The summed E-state index contributed by atoms with van der Waals surface area (Å²) < 4.78 is 2.31. The molecule has 9 heteroatoms. The second-order valence-corrected chi connectivity index (χ2v) is 7.31. The standard InChI is InChI=1S/C19H33N7O.HI/c1-2-20-19(22-15-18(27)25-12-6-7-13-25)21-11-8-10-17-24-23-16-9-4-3-5-14-26(16)17;/h2-15H2,1H3,(H2,20,21,22);1H. The molecule has 1 aromatic heterocycles. The monoisotopic (exact) mass is 503 g/mol. The largest absolute Gasteiger partial charge is 0.357 e. The van der Waals surface area contributed by atoms with Crippen molar-refractivity contribution in [3.63, 3.8) is 0 Å². The van der Waals surface area contributed by atoms with Gasteiger partial charge in [-0.15, -0.1) is 34.2 Å². The van der Waals surface area contributed by atoms with Crippen LogP contribution >= 0.6 is 24.0 Å². The van der Waals surface area contributed by atoms with Crippen LogP contribution in [0.5, 0.6) is 0 Å². The average Bonchev–Trinajstić information content (AvgIpc) is 3.28. The van der Waals surface area contributed by atoms with Crippen LogP contribution in [0, 0.1) is 0 Å². The van der Waals surface area contributed by atoms with Crippen LogP contribution in [0.4, 0.5) is 0 Å². The topological polar surface area (TPSA) is 87.4 Å². The number of aromatic nitrogens is 3. The maximum absolute atomic E-state index is 12.1. The maximum Gasteiger partial charge on any atom is 0.244 e. The molecule has 0 unspecified atom stereocenters. The summed E-state index contributed by atoms with van der Waals surface area (Å²) in [5, 5.41) is 15.3. The van der Waals surface area contributed by atoms with E-state index in [1.807, 2.05) is 11.8 Å². The molecule has 2 aliphatic heterocycles. The Labute approximate surface area is 185 Å². The van der Waals surface area contributed by atoms with Gasteiger partial charge in [-0.3, -0.25) is 4.79 Å². The smallest absolute Gasteiger partial charge is 0.244 e. The van der Waals surface area contributed by atoms with Crippen LogP contribution in [0.1, 0.15) is 57.1 Å². The Morgan fingerprint density at radius 3 is 2.64 bits per heavy atom. The van der Waals surface area contributed by atoms with Crippen molar-refractivity contribution in [2.24, 2.45) is 4.99 Å². The van der Waals surface area contributed by atoms with Crippen molar-refractivity contribution in [1.82, 2.24) is 30.3 Å². The van der Waals surface area contributed by atoms with Crippen molar-refractivity contribution in [2.75, 3.05) is 32.7 Å². The van der Waals surface area contributed by atoms with E-state index in [4.69, 9.17) is 0 Å². The number of hydrogen-bond donors (Lipinski definition) is 2. The second kappa shape index (κ2) is 12.2. The maximum atomic E-state index is 12.1. The third-order valence-corrected chi connectivity index (χ3v) is 5.23. The molecular formula is C19H34IN7O. The van der Waals surface area contributed by atoms with Crippen LogP contribution in [0.25, 0.3) is 0 Å². The van der Waals surface area contributed by atoms with Gasteiger partial charge in [-0.05, 0) is 39.0 Å². The zero-order chi connectivity index (χ0) is 18.9. The number of aliphatic imine (C=N–C) groups is 1. The molecule has 158 valence electrons. The van der Waals surface area contributed by atoms with E-state index in [2.05, 4.69) is 30.4 Å². The highest BCUT2D eigenvalue weighted by molar-refractivity contribution is 14.0. The van der Waals surface area contributed by atoms with Gasteiger partial charge in [0.2, 0.25) is 5.91 Å². The summed E-state index contributed by atoms with van der Waals surface area (Å²) in [7, 11) is 0. The highest BCUT2D eigenvalue weighted by atomic mass is 127. The normalized spacial score (nSPS) is 16.9. The van der Waals surface area contributed by atoms with Crippen LogP contribution in [0.3, 0.4) is 0 Å². The first kappa shape index (κ1) is 22.9. The predicted molar refractivity (Wildman–Crippen MR) is 121 cm³/mol. The molecule has 1 saturated heterocycles. The molecule has 3 rings (SSSR count). The third kappa shape index (κ3) is 6.59. The number of amides is 1. The molecule has 8 nitrogen and oxygen atoms in total. The van der Waals surface area contributed by atoms with Gasteiger partial charge in [0.15, 0.2) is 5.96 Å². The number of nitrogens with zero attached hydrogens (tertiary/aromatic N) is 5. The Hall–Kier alpha value is -1.39. The summed E-state index contributed by atoms with van der Waals surface area (Å²) in [4.78, 5) is 18.5. The minimum atomic E-state index is 0. The molecule has 0 spiro atoms. The van der Waals surface area contributed by atoms with E-state index in [-0.39, 0.29) is 36.4 Å². The van der Waals surface area contributed by atoms with Crippen molar-refractivity contribution in [3.8, 4) is 0 Å². The number of halogens is 1. The van der Waals surface area contributed by atoms with E-state index in [1.54, 1.807) is 0 Å². The third-order valence-electron chi connectivity index (χ3n) is 5.23. The summed E-state index contributed by atoms with van der Waals surface area (Å²) in [6, 6.07) is 0. The van der Waals surface area contributed by atoms with Gasteiger partial charge in [-0.1, -0.05) is 6.42 Å². The number of fused-ring (bicyclic) bond motifs is 1. The van der Waals surface area contributed by atoms with E-state index in [0.29, 0.717) is 5.96 Å². The van der Waals surface area contributed by atoms with Crippen molar-refractivity contribution >= 4 is 35.8 Å². The van der Waals surface area contributed by atoms with Gasteiger partial charge in [0.25, 0.3) is 0 Å². The number of guanidine groups is 1. The van der Waals surface area contributed by atoms with Crippen molar-refractivity contribution in [2.45, 2.75) is 64.8 Å². The fourth-order valence-electron chi connectivity index (χ4n) is 3.74. The number of nitrogens with one attached hydrogen (secondary N) is 2. The molecule has 0 aromatic carbocycles. The van der Waals surface area contributed by atoms with E-state index >= 15 is 0 Å². The molecular weight excluding hydrogens is 469 g/mol. The first-order chi connectivity index (χ1) is 13.3. The van der Waals surface area contributed by atoms with Gasteiger partial charge in [-0.2, -0.15) is 0 Å². The van der Waals surface area contributed by atoms with E-state index in [9.17, 15) is 4.79 Å². The SMILES string of the molecule is CCNC(=NCC(=O)N1CCCC1)NCCCc1nnc2n1CCCCC2.I. The number of rotatable bonds is 7. The summed E-state index contributed by atoms with van der Waals surface area (Å²) in [6.45, 7) is 6.63. The lowest BCUT2D eigenvalue weighted by atomic mass is 10.2. The summed E-state index contributed by atoms with van der Waals surface area (Å²) >= 11 is 0. The average molecular weight is 503 g/mol. The lowest BCUT2D eigenvalue weighted by molar-refractivity contribution is -0.128. The Balaban J connectivity index is 0.00000280. The van der Waals surface area contributed by atoms with Crippen LogP contribution in [-0.4, -0.2) is 64.3 Å². The zero-order valence-electron chi connectivity index (χ0n) is 17.0. The molecule has 1 amide bonds. The van der Waals surface area contributed by atoms with E-state index < -0.39 is 0 Å². The summed E-state index contributed by atoms with van der Waals surface area (Å²) in [6.07, 6.45) is 8.86. The first-order valence-corrected chi connectivity index (χ1v) is 10.5. The lowest BCUT2D eigenvalue weighted by Gasteiger charge is -2.15. The number of carbonyl (C=O) groups excluding carboxylic acids is 1. The fourth-order valence-corrected chi connectivity index (χ4v) is 3.74. The zero-order valence-corrected chi connectivity index (χ0v) is 19.3. The first-order valence-electron chi connectivity index (χ1n) is 10.5. The lowest BCUT2D eigenvalue weighted by Crippen LogP contribution is -2.39. The van der Waals surface area contributed by atoms with Crippen LogP contribution in [0.15, 0.2) is 4.99 Å². The van der Waals surface area contributed by atoms with Crippen molar-refractivity contribution in [3.05, 3.63) is 11.6 Å². The molecule has 0 aliphatic carbocycles. The molecule has 2 aliphatic rings. The van der Waals surface area contributed by atoms with Gasteiger partial charge >= 0.3 is 0 Å². The van der Waals surface area contributed by atoms with Crippen LogP contribution in [-0.2, 0) is 24.2 Å².